The molecule has 0 aromatic carbocycles. The van der Waals surface area contributed by atoms with Crippen molar-refractivity contribution >= 4 is 11.6 Å². The molecule has 1 heterocycles. The number of hydrogen-bond acceptors (Lipinski definition) is 5. The van der Waals surface area contributed by atoms with Crippen molar-refractivity contribution in [3.63, 3.8) is 0 Å². The molecule has 5 nitrogen and oxygen atoms in total. The number of anilines is 2. The fraction of sp³-hybridized carbons (Fsp3) is 0.636. The molecule has 1 atom stereocenters. The van der Waals surface area contributed by atoms with E-state index < -0.39 is 0 Å². The van der Waals surface area contributed by atoms with Crippen molar-refractivity contribution in [3.8, 4) is 0 Å². The van der Waals surface area contributed by atoms with Gasteiger partial charge >= 0.3 is 0 Å². The van der Waals surface area contributed by atoms with E-state index in [-0.39, 0.29) is 6.04 Å². The number of nitrogens with two attached hydrogens (primary N) is 1. The Hall–Kier alpha value is -1.36. The molecule has 1 rings (SSSR count). The minimum atomic E-state index is 0.128. The second kappa shape index (κ2) is 5.12. The molecular formula is C11H21N5. The molecule has 0 aliphatic carbocycles. The van der Waals surface area contributed by atoms with Crippen LogP contribution in [-0.2, 0) is 0 Å². The molecule has 1 aromatic heterocycles. The predicted molar refractivity (Wildman–Crippen MR) is 68.0 cm³/mol. The molecule has 0 saturated heterocycles. The molecule has 2 N–H and O–H groups in total. The van der Waals surface area contributed by atoms with Gasteiger partial charge in [0.2, 0.25) is 0 Å². The Kier molecular flexibility index (Phi) is 4.06. The van der Waals surface area contributed by atoms with Crippen LogP contribution in [-0.4, -0.2) is 43.7 Å². The van der Waals surface area contributed by atoms with Gasteiger partial charge < -0.3 is 15.5 Å². The van der Waals surface area contributed by atoms with Crippen molar-refractivity contribution < 1.29 is 0 Å². The Morgan fingerprint density at radius 2 is 1.81 bits per heavy atom. The third kappa shape index (κ3) is 3.34. The topological polar surface area (TPSA) is 58.3 Å². The summed E-state index contributed by atoms with van der Waals surface area (Å²) >= 11 is 0. The van der Waals surface area contributed by atoms with E-state index in [0.717, 1.165) is 24.0 Å². The van der Waals surface area contributed by atoms with E-state index in [1.807, 2.05) is 50.9 Å². The average Bonchev–Trinajstić information content (AvgIpc) is 2.15. The summed E-state index contributed by atoms with van der Waals surface area (Å²) in [6, 6.07) is 2.10. The lowest BCUT2D eigenvalue weighted by molar-refractivity contribution is 0.709. The molecule has 0 radical (unpaired) electrons. The van der Waals surface area contributed by atoms with Gasteiger partial charge in [-0.25, -0.2) is 9.97 Å². The molecule has 90 valence electrons. The summed E-state index contributed by atoms with van der Waals surface area (Å²) < 4.78 is 0. The standard InChI is InChI=1S/C11H21N5/c1-8(12)7-16(5)11-6-10(15(3)4)13-9(2)14-11/h6,8H,7,12H2,1-5H3. The van der Waals surface area contributed by atoms with Crippen LogP contribution in [0.3, 0.4) is 0 Å². The zero-order chi connectivity index (χ0) is 12.3. The number of aryl methyl sites for hydroxylation is 1. The highest BCUT2D eigenvalue weighted by Gasteiger charge is 2.08. The van der Waals surface area contributed by atoms with Crippen LogP contribution in [0.4, 0.5) is 11.6 Å². The van der Waals surface area contributed by atoms with E-state index in [0.29, 0.717) is 0 Å². The summed E-state index contributed by atoms with van der Waals surface area (Å²) in [6.07, 6.45) is 0. The van der Waals surface area contributed by atoms with Gasteiger partial charge in [-0.1, -0.05) is 0 Å². The van der Waals surface area contributed by atoms with Crippen LogP contribution < -0.4 is 15.5 Å². The van der Waals surface area contributed by atoms with Crippen molar-refractivity contribution in [1.29, 1.82) is 0 Å². The summed E-state index contributed by atoms with van der Waals surface area (Å²) in [5, 5.41) is 0. The molecule has 0 fully saturated rings. The van der Waals surface area contributed by atoms with Gasteiger partial charge in [-0.2, -0.15) is 0 Å². The smallest absolute Gasteiger partial charge is 0.134 e. The van der Waals surface area contributed by atoms with Crippen molar-refractivity contribution in [3.05, 3.63) is 11.9 Å². The molecular weight excluding hydrogens is 202 g/mol. The molecule has 0 amide bonds. The largest absolute Gasteiger partial charge is 0.363 e. The zero-order valence-electron chi connectivity index (χ0n) is 10.7. The lowest BCUT2D eigenvalue weighted by atomic mass is 10.3. The lowest BCUT2D eigenvalue weighted by Crippen LogP contribution is -2.33. The minimum Gasteiger partial charge on any atom is -0.363 e. The van der Waals surface area contributed by atoms with E-state index in [2.05, 4.69) is 9.97 Å². The van der Waals surface area contributed by atoms with E-state index >= 15 is 0 Å². The van der Waals surface area contributed by atoms with Gasteiger partial charge in [0, 0.05) is 39.8 Å². The highest BCUT2D eigenvalue weighted by atomic mass is 15.2. The van der Waals surface area contributed by atoms with Crippen LogP contribution in [0.1, 0.15) is 12.7 Å². The quantitative estimate of drug-likeness (QED) is 0.811. The predicted octanol–water partition coefficient (Wildman–Crippen LogP) is 0.634. The average molecular weight is 223 g/mol. The maximum absolute atomic E-state index is 5.77. The fourth-order valence-electron chi connectivity index (χ4n) is 1.49. The molecule has 0 aliphatic rings. The van der Waals surface area contributed by atoms with Gasteiger partial charge in [0.25, 0.3) is 0 Å². The number of nitrogens with zero attached hydrogens (tertiary/aromatic N) is 4. The molecule has 0 bridgehead atoms. The second-order valence-electron chi connectivity index (χ2n) is 4.38. The van der Waals surface area contributed by atoms with Crippen molar-refractivity contribution in [1.82, 2.24) is 9.97 Å². The number of likely N-dealkylation sites (N-methyl/N-ethyl adjacent to an activating group) is 1. The Balaban J connectivity index is 2.95. The first kappa shape index (κ1) is 12.7. The van der Waals surface area contributed by atoms with Crippen LogP contribution in [0.2, 0.25) is 0 Å². The second-order valence-corrected chi connectivity index (χ2v) is 4.38. The normalized spacial score (nSPS) is 12.4. The maximum atomic E-state index is 5.77. The van der Waals surface area contributed by atoms with Crippen molar-refractivity contribution in [2.75, 3.05) is 37.5 Å². The van der Waals surface area contributed by atoms with E-state index in [9.17, 15) is 0 Å². The third-order valence-electron chi connectivity index (χ3n) is 2.22. The molecule has 5 heteroatoms. The summed E-state index contributed by atoms with van der Waals surface area (Å²) in [5.41, 5.74) is 5.77. The molecule has 16 heavy (non-hydrogen) atoms. The van der Waals surface area contributed by atoms with Crippen LogP contribution in [0.25, 0.3) is 0 Å². The molecule has 1 unspecified atom stereocenters. The SMILES string of the molecule is Cc1nc(N(C)C)cc(N(C)CC(C)N)n1. The highest BCUT2D eigenvalue weighted by molar-refractivity contribution is 5.49. The first-order valence-electron chi connectivity index (χ1n) is 5.40. The van der Waals surface area contributed by atoms with E-state index in [4.69, 9.17) is 5.73 Å². The Morgan fingerprint density at radius 1 is 1.25 bits per heavy atom. The van der Waals surface area contributed by atoms with Crippen molar-refractivity contribution in [2.24, 2.45) is 5.73 Å². The fourth-order valence-corrected chi connectivity index (χ4v) is 1.49. The van der Waals surface area contributed by atoms with Crippen molar-refractivity contribution in [2.45, 2.75) is 19.9 Å². The van der Waals surface area contributed by atoms with Crippen LogP contribution in [0.15, 0.2) is 6.07 Å². The maximum Gasteiger partial charge on any atom is 0.134 e. The summed E-state index contributed by atoms with van der Waals surface area (Å²) in [7, 11) is 5.93. The first-order valence-corrected chi connectivity index (χ1v) is 5.40. The molecule has 1 aromatic rings. The summed E-state index contributed by atoms with van der Waals surface area (Å²) in [4.78, 5) is 12.8. The van der Waals surface area contributed by atoms with Gasteiger partial charge in [0.05, 0.1) is 0 Å². The minimum absolute atomic E-state index is 0.128. The number of hydrogen-bond donors (Lipinski definition) is 1. The Labute approximate surface area is 97.3 Å². The van der Waals surface area contributed by atoms with E-state index in [1.165, 1.54) is 0 Å². The third-order valence-corrected chi connectivity index (χ3v) is 2.22. The van der Waals surface area contributed by atoms with E-state index in [1.54, 1.807) is 0 Å². The summed E-state index contributed by atoms with van der Waals surface area (Å²) in [6.45, 7) is 4.66. The molecule has 0 saturated carbocycles. The van der Waals surface area contributed by atoms with Gasteiger partial charge in [-0.3, -0.25) is 0 Å². The number of aromatic nitrogens is 2. The van der Waals surface area contributed by atoms with Gasteiger partial charge in [0.15, 0.2) is 0 Å². The van der Waals surface area contributed by atoms with Gasteiger partial charge in [0.1, 0.15) is 17.5 Å². The van der Waals surface area contributed by atoms with Gasteiger partial charge in [-0.15, -0.1) is 0 Å². The molecule has 0 aliphatic heterocycles. The van der Waals surface area contributed by atoms with Gasteiger partial charge in [-0.05, 0) is 13.8 Å². The Bertz CT molecular complexity index is 348. The van der Waals surface area contributed by atoms with Crippen LogP contribution in [0, 0.1) is 6.92 Å². The molecule has 0 spiro atoms. The van der Waals surface area contributed by atoms with Crippen LogP contribution >= 0.6 is 0 Å². The highest BCUT2D eigenvalue weighted by Crippen LogP contribution is 2.16. The Morgan fingerprint density at radius 3 is 2.31 bits per heavy atom. The lowest BCUT2D eigenvalue weighted by Gasteiger charge is -2.22. The van der Waals surface area contributed by atoms with Crippen LogP contribution in [0.5, 0.6) is 0 Å². The first-order chi connectivity index (χ1) is 7.40. The monoisotopic (exact) mass is 223 g/mol. The summed E-state index contributed by atoms with van der Waals surface area (Å²) in [5.74, 6) is 2.60. The zero-order valence-corrected chi connectivity index (χ0v) is 10.7. The number of rotatable bonds is 4.